The summed E-state index contributed by atoms with van der Waals surface area (Å²) < 4.78 is 0. The first-order valence-corrected chi connectivity index (χ1v) is 5.78. The maximum atomic E-state index is 10.4. The fourth-order valence-electron chi connectivity index (χ4n) is 1.42. The minimum absolute atomic E-state index is 0.0624. The average molecular weight is 233 g/mol. The third kappa shape index (κ3) is 2.61. The number of hydrogen-bond donors (Lipinski definition) is 2. The van der Waals surface area contributed by atoms with Crippen molar-refractivity contribution in [3.05, 3.63) is 41.1 Å². The summed E-state index contributed by atoms with van der Waals surface area (Å²) in [5.41, 5.74) is 3.08. The monoisotopic (exact) mass is 233 g/mol. The molecule has 0 amide bonds. The molecule has 0 unspecified atom stereocenters. The van der Waals surface area contributed by atoms with Gasteiger partial charge in [-0.2, -0.15) is 11.3 Å². The van der Waals surface area contributed by atoms with Crippen LogP contribution in [0.1, 0.15) is 0 Å². The summed E-state index contributed by atoms with van der Waals surface area (Å²) in [6.07, 6.45) is 0. The van der Waals surface area contributed by atoms with Gasteiger partial charge in [0.2, 0.25) is 0 Å². The Kier molecular flexibility index (Phi) is 3.22. The lowest BCUT2D eigenvalue weighted by atomic mass is 10.1. The van der Waals surface area contributed by atoms with Gasteiger partial charge in [-0.25, -0.2) is 0 Å². The number of aliphatic carboxylic acids is 1. The van der Waals surface area contributed by atoms with Gasteiger partial charge in [0.05, 0.1) is 0 Å². The van der Waals surface area contributed by atoms with E-state index in [1.807, 2.05) is 35.7 Å². The van der Waals surface area contributed by atoms with Crippen molar-refractivity contribution in [2.75, 3.05) is 11.9 Å². The van der Waals surface area contributed by atoms with Crippen LogP contribution in [-0.4, -0.2) is 17.6 Å². The molecule has 2 aromatic rings. The number of nitrogens with one attached hydrogen (secondary N) is 1. The third-order valence-electron chi connectivity index (χ3n) is 2.16. The van der Waals surface area contributed by atoms with Crippen molar-refractivity contribution < 1.29 is 9.90 Å². The van der Waals surface area contributed by atoms with Crippen LogP contribution in [0.3, 0.4) is 0 Å². The van der Waals surface area contributed by atoms with Crippen LogP contribution in [-0.2, 0) is 4.79 Å². The lowest BCUT2D eigenvalue weighted by Crippen LogP contribution is -2.12. The second-order valence-corrected chi connectivity index (χ2v) is 4.12. The molecule has 82 valence electrons. The van der Waals surface area contributed by atoms with E-state index in [0.29, 0.717) is 0 Å². The Balaban J connectivity index is 2.17. The highest BCUT2D eigenvalue weighted by Gasteiger charge is 2.00. The van der Waals surface area contributed by atoms with Crippen molar-refractivity contribution in [3.8, 4) is 11.1 Å². The molecule has 1 aromatic carbocycles. The summed E-state index contributed by atoms with van der Waals surface area (Å²) in [7, 11) is 0. The smallest absolute Gasteiger partial charge is 0.322 e. The van der Waals surface area contributed by atoms with Gasteiger partial charge in [0, 0.05) is 5.69 Å². The number of anilines is 1. The van der Waals surface area contributed by atoms with Crippen LogP contribution in [0.2, 0.25) is 0 Å². The predicted octanol–water partition coefficient (Wildman–Crippen LogP) is 2.91. The Hall–Kier alpha value is -1.81. The molecule has 1 heterocycles. The molecule has 0 bridgehead atoms. The molecule has 0 aliphatic heterocycles. The summed E-state index contributed by atoms with van der Waals surface area (Å²) in [6.45, 7) is -0.0624. The summed E-state index contributed by atoms with van der Waals surface area (Å²) in [6, 6.07) is 9.77. The van der Waals surface area contributed by atoms with Gasteiger partial charge in [-0.3, -0.25) is 4.79 Å². The normalized spacial score (nSPS) is 10.0. The lowest BCUT2D eigenvalue weighted by Gasteiger charge is -2.05. The van der Waals surface area contributed by atoms with Gasteiger partial charge in [-0.15, -0.1) is 0 Å². The maximum Gasteiger partial charge on any atom is 0.322 e. The molecule has 4 heteroatoms. The molecule has 0 fully saturated rings. The van der Waals surface area contributed by atoms with E-state index in [0.717, 1.165) is 16.8 Å². The predicted molar refractivity (Wildman–Crippen MR) is 65.9 cm³/mol. The van der Waals surface area contributed by atoms with E-state index in [4.69, 9.17) is 5.11 Å². The summed E-state index contributed by atoms with van der Waals surface area (Å²) in [5, 5.41) is 15.5. The van der Waals surface area contributed by atoms with Crippen molar-refractivity contribution in [2.45, 2.75) is 0 Å². The quantitative estimate of drug-likeness (QED) is 0.853. The van der Waals surface area contributed by atoms with Crippen molar-refractivity contribution in [3.63, 3.8) is 0 Å². The zero-order chi connectivity index (χ0) is 11.4. The average Bonchev–Trinajstić information content (AvgIpc) is 2.80. The van der Waals surface area contributed by atoms with Gasteiger partial charge < -0.3 is 10.4 Å². The van der Waals surface area contributed by atoms with Gasteiger partial charge in [0.15, 0.2) is 0 Å². The zero-order valence-corrected chi connectivity index (χ0v) is 9.33. The fraction of sp³-hybridized carbons (Fsp3) is 0.0833. The molecular formula is C12H11NO2S. The van der Waals surface area contributed by atoms with Gasteiger partial charge >= 0.3 is 5.97 Å². The fourth-order valence-corrected chi connectivity index (χ4v) is 2.08. The van der Waals surface area contributed by atoms with Crippen LogP contribution >= 0.6 is 11.3 Å². The lowest BCUT2D eigenvalue weighted by molar-refractivity contribution is -0.134. The Labute approximate surface area is 97.4 Å². The van der Waals surface area contributed by atoms with Crippen LogP contribution in [0.5, 0.6) is 0 Å². The Bertz CT molecular complexity index is 480. The number of rotatable bonds is 4. The molecule has 2 rings (SSSR count). The first-order chi connectivity index (χ1) is 7.75. The van der Waals surface area contributed by atoms with Crippen LogP contribution in [0.15, 0.2) is 41.1 Å². The SMILES string of the molecule is O=C(O)CNc1cccc(-c2ccsc2)c1. The molecule has 2 N–H and O–H groups in total. The van der Waals surface area contributed by atoms with Gasteiger partial charge in [0.25, 0.3) is 0 Å². The number of carboxylic acids is 1. The van der Waals surface area contributed by atoms with Crippen molar-refractivity contribution in [1.82, 2.24) is 0 Å². The molecule has 16 heavy (non-hydrogen) atoms. The Morgan fingerprint density at radius 1 is 1.31 bits per heavy atom. The van der Waals surface area contributed by atoms with E-state index in [1.54, 1.807) is 11.3 Å². The van der Waals surface area contributed by atoms with E-state index in [9.17, 15) is 4.79 Å². The van der Waals surface area contributed by atoms with Crippen LogP contribution in [0, 0.1) is 0 Å². The molecule has 0 saturated carbocycles. The molecule has 0 aliphatic rings. The summed E-state index contributed by atoms with van der Waals surface area (Å²) in [5.74, 6) is -0.860. The molecule has 0 radical (unpaired) electrons. The van der Waals surface area contributed by atoms with Crippen molar-refractivity contribution >= 4 is 23.0 Å². The van der Waals surface area contributed by atoms with E-state index in [-0.39, 0.29) is 6.54 Å². The summed E-state index contributed by atoms with van der Waals surface area (Å²) in [4.78, 5) is 10.4. The number of hydrogen-bond acceptors (Lipinski definition) is 3. The molecule has 3 nitrogen and oxygen atoms in total. The Morgan fingerprint density at radius 3 is 2.88 bits per heavy atom. The van der Waals surface area contributed by atoms with Crippen LogP contribution in [0.25, 0.3) is 11.1 Å². The summed E-state index contributed by atoms with van der Waals surface area (Å²) >= 11 is 1.64. The molecule has 0 aliphatic carbocycles. The maximum absolute atomic E-state index is 10.4. The largest absolute Gasteiger partial charge is 0.480 e. The highest BCUT2D eigenvalue weighted by molar-refractivity contribution is 7.08. The number of benzene rings is 1. The number of thiophene rings is 1. The van der Waals surface area contributed by atoms with E-state index in [1.165, 1.54) is 0 Å². The van der Waals surface area contributed by atoms with Gasteiger partial charge in [0.1, 0.15) is 6.54 Å². The molecule has 0 atom stereocenters. The van der Waals surface area contributed by atoms with E-state index < -0.39 is 5.97 Å². The van der Waals surface area contributed by atoms with E-state index >= 15 is 0 Å². The highest BCUT2D eigenvalue weighted by Crippen LogP contribution is 2.24. The zero-order valence-electron chi connectivity index (χ0n) is 8.51. The minimum atomic E-state index is -0.860. The highest BCUT2D eigenvalue weighted by atomic mass is 32.1. The third-order valence-corrected chi connectivity index (χ3v) is 2.84. The molecule has 0 spiro atoms. The standard InChI is InChI=1S/C12H11NO2S/c14-12(15)7-13-11-3-1-2-9(6-11)10-4-5-16-8-10/h1-6,8,13H,7H2,(H,14,15). The topological polar surface area (TPSA) is 49.3 Å². The van der Waals surface area contributed by atoms with Gasteiger partial charge in [-0.05, 0) is 40.1 Å². The number of carboxylic acid groups (broad SMARTS) is 1. The number of carbonyl (C=O) groups is 1. The van der Waals surface area contributed by atoms with Crippen molar-refractivity contribution in [1.29, 1.82) is 0 Å². The van der Waals surface area contributed by atoms with Crippen molar-refractivity contribution in [2.24, 2.45) is 0 Å². The minimum Gasteiger partial charge on any atom is -0.480 e. The van der Waals surface area contributed by atoms with Gasteiger partial charge in [-0.1, -0.05) is 12.1 Å². The van der Waals surface area contributed by atoms with Crippen LogP contribution in [0.4, 0.5) is 5.69 Å². The Morgan fingerprint density at radius 2 is 2.19 bits per heavy atom. The van der Waals surface area contributed by atoms with E-state index in [2.05, 4.69) is 10.7 Å². The second kappa shape index (κ2) is 4.81. The molecule has 1 aromatic heterocycles. The first kappa shape index (κ1) is 10.7. The molecular weight excluding hydrogens is 222 g/mol. The molecule has 0 saturated heterocycles. The van der Waals surface area contributed by atoms with Crippen LogP contribution < -0.4 is 5.32 Å². The first-order valence-electron chi connectivity index (χ1n) is 4.84. The second-order valence-electron chi connectivity index (χ2n) is 3.34.